The quantitative estimate of drug-likeness (QED) is 0.664. The zero-order valence-corrected chi connectivity index (χ0v) is 10.2. The van der Waals surface area contributed by atoms with Crippen molar-refractivity contribution < 1.29 is 18.3 Å². The van der Waals surface area contributed by atoms with Crippen LogP contribution in [0.1, 0.15) is 26.7 Å². The molecule has 0 aromatic carbocycles. The summed E-state index contributed by atoms with van der Waals surface area (Å²) in [6, 6.07) is -0.117. The van der Waals surface area contributed by atoms with Crippen LogP contribution in [0.3, 0.4) is 0 Å². The second kappa shape index (κ2) is 6.07. The predicted molar refractivity (Wildman–Crippen MR) is 58.2 cm³/mol. The van der Waals surface area contributed by atoms with Crippen molar-refractivity contribution in [2.24, 2.45) is 0 Å². The number of carbonyl (C=O) groups excluding carboxylic acids is 1. The standard InChI is InChI=1S/C9H19NO4S/c1-7(5-4-6-11)10-9(12)8(2)15(3,13)14/h7-8,11H,4-6H2,1-3H3,(H,10,12). The normalized spacial score (nSPS) is 15.7. The predicted octanol–water partition coefficient (Wildman–Crippen LogP) is -0.303. The van der Waals surface area contributed by atoms with Crippen molar-refractivity contribution in [2.45, 2.75) is 38.0 Å². The molecule has 1 amide bonds. The van der Waals surface area contributed by atoms with Gasteiger partial charge in [0, 0.05) is 18.9 Å². The van der Waals surface area contributed by atoms with E-state index in [2.05, 4.69) is 5.32 Å². The maximum Gasteiger partial charge on any atom is 0.238 e. The van der Waals surface area contributed by atoms with Crippen LogP contribution in [0.4, 0.5) is 0 Å². The van der Waals surface area contributed by atoms with Crippen molar-refractivity contribution in [1.82, 2.24) is 5.32 Å². The smallest absolute Gasteiger partial charge is 0.238 e. The Balaban J connectivity index is 4.14. The van der Waals surface area contributed by atoms with Crippen LogP contribution in [0.15, 0.2) is 0 Å². The Hall–Kier alpha value is -0.620. The van der Waals surface area contributed by atoms with Crippen LogP contribution in [0.5, 0.6) is 0 Å². The maximum absolute atomic E-state index is 11.4. The summed E-state index contributed by atoms with van der Waals surface area (Å²) >= 11 is 0. The molecule has 90 valence electrons. The molecule has 0 aliphatic heterocycles. The molecule has 2 atom stereocenters. The largest absolute Gasteiger partial charge is 0.396 e. The number of amides is 1. The summed E-state index contributed by atoms with van der Waals surface area (Å²) in [5.74, 6) is -0.483. The lowest BCUT2D eigenvalue weighted by molar-refractivity contribution is -0.121. The van der Waals surface area contributed by atoms with Crippen molar-refractivity contribution in [3.05, 3.63) is 0 Å². The SMILES string of the molecule is CC(CCCO)NC(=O)C(C)S(C)(=O)=O. The topological polar surface area (TPSA) is 83.5 Å². The lowest BCUT2D eigenvalue weighted by Gasteiger charge is -2.16. The minimum atomic E-state index is -3.33. The summed E-state index contributed by atoms with van der Waals surface area (Å²) in [4.78, 5) is 11.4. The summed E-state index contributed by atoms with van der Waals surface area (Å²) in [6.07, 6.45) is 2.27. The molecule has 2 N–H and O–H groups in total. The average molecular weight is 237 g/mol. The number of aliphatic hydroxyl groups excluding tert-OH is 1. The van der Waals surface area contributed by atoms with Gasteiger partial charge in [0.2, 0.25) is 5.91 Å². The third-order valence-corrected chi connectivity index (χ3v) is 3.69. The van der Waals surface area contributed by atoms with Gasteiger partial charge in [-0.3, -0.25) is 4.79 Å². The van der Waals surface area contributed by atoms with E-state index in [0.29, 0.717) is 12.8 Å². The summed E-state index contributed by atoms with van der Waals surface area (Å²) < 4.78 is 22.1. The Morgan fingerprint density at radius 1 is 1.40 bits per heavy atom. The molecule has 0 heterocycles. The third-order valence-electron chi connectivity index (χ3n) is 2.20. The highest BCUT2D eigenvalue weighted by atomic mass is 32.2. The van der Waals surface area contributed by atoms with Crippen molar-refractivity contribution >= 4 is 15.7 Å². The highest BCUT2D eigenvalue weighted by molar-refractivity contribution is 7.92. The molecule has 0 saturated heterocycles. The van der Waals surface area contributed by atoms with Crippen LogP contribution >= 0.6 is 0 Å². The van der Waals surface area contributed by atoms with Gasteiger partial charge in [-0.1, -0.05) is 0 Å². The van der Waals surface area contributed by atoms with E-state index >= 15 is 0 Å². The molecule has 0 bridgehead atoms. The van der Waals surface area contributed by atoms with Gasteiger partial charge in [0.25, 0.3) is 0 Å². The van der Waals surface area contributed by atoms with Crippen molar-refractivity contribution in [3.8, 4) is 0 Å². The number of aliphatic hydroxyl groups is 1. The Morgan fingerprint density at radius 3 is 2.33 bits per heavy atom. The highest BCUT2D eigenvalue weighted by Crippen LogP contribution is 2.01. The Bertz CT molecular complexity index is 299. The molecular formula is C9H19NO4S. The number of nitrogens with one attached hydrogen (secondary N) is 1. The number of carbonyl (C=O) groups is 1. The van der Waals surface area contributed by atoms with Crippen LogP contribution in [-0.2, 0) is 14.6 Å². The first-order valence-corrected chi connectivity index (χ1v) is 6.84. The van der Waals surface area contributed by atoms with Gasteiger partial charge in [0.05, 0.1) is 0 Å². The van der Waals surface area contributed by atoms with E-state index in [0.717, 1.165) is 6.26 Å². The molecule has 5 nitrogen and oxygen atoms in total. The Labute approximate surface area is 90.8 Å². The number of rotatable bonds is 6. The lowest BCUT2D eigenvalue weighted by Crippen LogP contribution is -2.42. The molecule has 0 aromatic heterocycles. The van der Waals surface area contributed by atoms with Gasteiger partial charge in [-0.2, -0.15) is 0 Å². The first-order chi connectivity index (χ1) is 6.79. The monoisotopic (exact) mass is 237 g/mol. The van der Waals surface area contributed by atoms with E-state index in [1.54, 1.807) is 6.92 Å². The van der Waals surface area contributed by atoms with E-state index < -0.39 is 21.0 Å². The molecule has 0 fully saturated rings. The minimum Gasteiger partial charge on any atom is -0.396 e. The third kappa shape index (κ3) is 5.74. The van der Waals surface area contributed by atoms with Crippen LogP contribution in [-0.4, -0.2) is 43.6 Å². The Kier molecular flexibility index (Phi) is 5.82. The first-order valence-electron chi connectivity index (χ1n) is 4.89. The molecular weight excluding hydrogens is 218 g/mol. The molecule has 15 heavy (non-hydrogen) atoms. The fraction of sp³-hybridized carbons (Fsp3) is 0.889. The van der Waals surface area contributed by atoms with Gasteiger partial charge in [0.15, 0.2) is 9.84 Å². The van der Waals surface area contributed by atoms with Crippen LogP contribution in [0.25, 0.3) is 0 Å². The van der Waals surface area contributed by atoms with E-state index in [1.807, 2.05) is 0 Å². The molecule has 0 aromatic rings. The van der Waals surface area contributed by atoms with Gasteiger partial charge in [0.1, 0.15) is 5.25 Å². The summed E-state index contributed by atoms with van der Waals surface area (Å²) in [5, 5.41) is 10.2. The average Bonchev–Trinajstić information content (AvgIpc) is 2.11. The van der Waals surface area contributed by atoms with Gasteiger partial charge < -0.3 is 10.4 Å². The van der Waals surface area contributed by atoms with Crippen LogP contribution in [0, 0.1) is 0 Å². The molecule has 2 unspecified atom stereocenters. The molecule has 6 heteroatoms. The molecule has 0 spiro atoms. The van der Waals surface area contributed by atoms with E-state index in [9.17, 15) is 13.2 Å². The summed E-state index contributed by atoms with van der Waals surface area (Å²) in [6.45, 7) is 3.22. The molecule has 0 aliphatic carbocycles. The second-order valence-corrected chi connectivity index (χ2v) is 6.11. The number of sulfone groups is 1. The molecule has 0 rings (SSSR count). The van der Waals surface area contributed by atoms with Crippen LogP contribution < -0.4 is 5.32 Å². The number of hydrogen-bond donors (Lipinski definition) is 2. The van der Waals surface area contributed by atoms with Gasteiger partial charge in [-0.25, -0.2) is 8.42 Å². The van der Waals surface area contributed by atoms with Crippen molar-refractivity contribution in [1.29, 1.82) is 0 Å². The van der Waals surface area contributed by atoms with E-state index in [-0.39, 0.29) is 12.6 Å². The van der Waals surface area contributed by atoms with E-state index in [4.69, 9.17) is 5.11 Å². The van der Waals surface area contributed by atoms with Gasteiger partial charge >= 0.3 is 0 Å². The minimum absolute atomic E-state index is 0.0713. The zero-order chi connectivity index (χ0) is 12.1. The molecule has 0 saturated carbocycles. The van der Waals surface area contributed by atoms with Gasteiger partial charge in [-0.15, -0.1) is 0 Å². The fourth-order valence-corrected chi connectivity index (χ4v) is 1.48. The maximum atomic E-state index is 11.4. The molecule has 0 radical (unpaired) electrons. The van der Waals surface area contributed by atoms with E-state index in [1.165, 1.54) is 6.92 Å². The lowest BCUT2D eigenvalue weighted by atomic mass is 10.2. The zero-order valence-electron chi connectivity index (χ0n) is 9.36. The van der Waals surface area contributed by atoms with Crippen molar-refractivity contribution in [3.63, 3.8) is 0 Å². The Morgan fingerprint density at radius 2 is 1.93 bits per heavy atom. The van der Waals surface area contributed by atoms with Gasteiger partial charge in [-0.05, 0) is 26.7 Å². The fourth-order valence-electron chi connectivity index (χ4n) is 1.02. The highest BCUT2D eigenvalue weighted by Gasteiger charge is 2.24. The first kappa shape index (κ1) is 14.4. The summed E-state index contributed by atoms with van der Waals surface area (Å²) in [5.41, 5.74) is 0. The number of hydrogen-bond acceptors (Lipinski definition) is 4. The summed E-state index contributed by atoms with van der Waals surface area (Å²) in [7, 11) is -3.33. The molecule has 0 aliphatic rings. The van der Waals surface area contributed by atoms with Crippen molar-refractivity contribution in [2.75, 3.05) is 12.9 Å². The van der Waals surface area contributed by atoms with Crippen LogP contribution in [0.2, 0.25) is 0 Å². The second-order valence-electron chi connectivity index (χ2n) is 3.75.